The van der Waals surface area contributed by atoms with E-state index in [0.29, 0.717) is 5.75 Å². The van der Waals surface area contributed by atoms with E-state index in [-0.39, 0.29) is 17.9 Å². The molecule has 3 N–H and O–H groups in total. The second kappa shape index (κ2) is 5.88. The summed E-state index contributed by atoms with van der Waals surface area (Å²) in [6, 6.07) is 2.41. The second-order valence-corrected chi connectivity index (χ2v) is 4.86. The number of carbonyl (C=O) groups excluding carboxylic acids is 1. The van der Waals surface area contributed by atoms with Crippen molar-refractivity contribution < 1.29 is 18.7 Å². The molecule has 0 saturated carbocycles. The van der Waals surface area contributed by atoms with Crippen molar-refractivity contribution >= 4 is 5.91 Å². The van der Waals surface area contributed by atoms with E-state index < -0.39 is 17.3 Å². The molecule has 1 aromatic rings. The fourth-order valence-electron chi connectivity index (χ4n) is 1.43. The van der Waals surface area contributed by atoms with Crippen molar-refractivity contribution in [2.45, 2.75) is 19.4 Å². The van der Waals surface area contributed by atoms with Gasteiger partial charge in [0.05, 0.1) is 19.8 Å². The van der Waals surface area contributed by atoms with Gasteiger partial charge in [-0.1, -0.05) is 0 Å². The lowest BCUT2D eigenvalue weighted by Crippen LogP contribution is -2.45. The lowest BCUT2D eigenvalue weighted by Gasteiger charge is -2.19. The van der Waals surface area contributed by atoms with Crippen LogP contribution >= 0.6 is 0 Å². The molecule has 6 heteroatoms. The van der Waals surface area contributed by atoms with Gasteiger partial charge < -0.3 is 20.5 Å². The van der Waals surface area contributed by atoms with Crippen molar-refractivity contribution in [3.63, 3.8) is 0 Å². The quantitative estimate of drug-likeness (QED) is 0.846. The molecule has 0 radical (unpaired) electrons. The van der Waals surface area contributed by atoms with Crippen LogP contribution in [-0.4, -0.2) is 32.2 Å². The van der Waals surface area contributed by atoms with Crippen LogP contribution in [0.15, 0.2) is 12.1 Å². The normalized spacial score (nSPS) is 11.1. The molecule has 106 valence electrons. The first-order chi connectivity index (χ1) is 8.78. The molecular formula is C13H19FN2O3. The van der Waals surface area contributed by atoms with Gasteiger partial charge in [0.1, 0.15) is 5.82 Å². The molecule has 0 fully saturated rings. The number of nitrogens with one attached hydrogen (secondary N) is 1. The Balaban J connectivity index is 2.97. The van der Waals surface area contributed by atoms with Crippen LogP contribution < -0.4 is 20.5 Å². The average Bonchev–Trinajstić information content (AvgIpc) is 2.34. The third-order valence-corrected chi connectivity index (χ3v) is 2.42. The molecule has 0 heterocycles. The van der Waals surface area contributed by atoms with Crippen LogP contribution in [0.1, 0.15) is 24.2 Å². The molecule has 0 aliphatic heterocycles. The van der Waals surface area contributed by atoms with Crippen molar-refractivity contribution in [2.75, 3.05) is 20.8 Å². The molecule has 0 aromatic heterocycles. The van der Waals surface area contributed by atoms with Gasteiger partial charge in [0, 0.05) is 18.2 Å². The average molecular weight is 270 g/mol. The van der Waals surface area contributed by atoms with Crippen LogP contribution in [-0.2, 0) is 0 Å². The summed E-state index contributed by atoms with van der Waals surface area (Å²) in [7, 11) is 2.81. The highest BCUT2D eigenvalue weighted by Crippen LogP contribution is 2.29. The maximum atomic E-state index is 13.8. The Hall–Kier alpha value is -1.82. The largest absolute Gasteiger partial charge is 0.493 e. The lowest BCUT2D eigenvalue weighted by atomic mass is 10.1. The molecule has 0 atom stereocenters. The summed E-state index contributed by atoms with van der Waals surface area (Å²) in [6.45, 7) is 3.76. The Morgan fingerprint density at radius 3 is 2.32 bits per heavy atom. The summed E-state index contributed by atoms with van der Waals surface area (Å²) in [6.07, 6.45) is 0. The summed E-state index contributed by atoms with van der Waals surface area (Å²) in [5.74, 6) is -0.696. The molecule has 1 aromatic carbocycles. The summed E-state index contributed by atoms with van der Waals surface area (Å²) in [5.41, 5.74) is 5.07. The Kier molecular flexibility index (Phi) is 4.72. The standard InChI is InChI=1S/C13H19FN2O3/c1-13(2,15)7-16-12(17)8-5-10(18-3)11(19-4)6-9(8)14/h5-6H,7,15H2,1-4H3,(H,16,17). The molecule has 1 amide bonds. The molecule has 0 spiro atoms. The number of halogens is 1. The van der Waals surface area contributed by atoms with E-state index >= 15 is 0 Å². The predicted octanol–water partition coefficient (Wildman–Crippen LogP) is 1.31. The zero-order valence-electron chi connectivity index (χ0n) is 11.5. The molecule has 5 nitrogen and oxygen atoms in total. The van der Waals surface area contributed by atoms with Gasteiger partial charge in [-0.15, -0.1) is 0 Å². The van der Waals surface area contributed by atoms with E-state index in [1.165, 1.54) is 20.3 Å². The van der Waals surface area contributed by atoms with Gasteiger partial charge in [-0.05, 0) is 19.9 Å². The summed E-state index contributed by atoms with van der Waals surface area (Å²) in [5, 5.41) is 2.57. The van der Waals surface area contributed by atoms with E-state index in [1.807, 2.05) is 0 Å². The summed E-state index contributed by atoms with van der Waals surface area (Å²) >= 11 is 0. The Labute approximate surface area is 111 Å². The smallest absolute Gasteiger partial charge is 0.254 e. The van der Waals surface area contributed by atoms with E-state index in [4.69, 9.17) is 15.2 Å². The van der Waals surface area contributed by atoms with Crippen LogP contribution in [0.5, 0.6) is 11.5 Å². The zero-order valence-corrected chi connectivity index (χ0v) is 11.5. The van der Waals surface area contributed by atoms with Gasteiger partial charge in [0.15, 0.2) is 11.5 Å². The number of carbonyl (C=O) groups is 1. The number of ether oxygens (including phenoxy) is 2. The molecule has 0 aliphatic rings. The number of methoxy groups -OCH3 is 2. The minimum Gasteiger partial charge on any atom is -0.493 e. The van der Waals surface area contributed by atoms with E-state index in [1.54, 1.807) is 13.8 Å². The Morgan fingerprint density at radius 2 is 1.84 bits per heavy atom. The van der Waals surface area contributed by atoms with Gasteiger partial charge in [-0.2, -0.15) is 0 Å². The van der Waals surface area contributed by atoms with Crippen LogP contribution in [0.25, 0.3) is 0 Å². The minimum absolute atomic E-state index is 0.109. The first-order valence-corrected chi connectivity index (χ1v) is 5.77. The molecule has 0 saturated heterocycles. The predicted molar refractivity (Wildman–Crippen MR) is 70.1 cm³/mol. The minimum atomic E-state index is -0.676. The number of benzene rings is 1. The van der Waals surface area contributed by atoms with E-state index in [9.17, 15) is 9.18 Å². The van der Waals surface area contributed by atoms with Crippen molar-refractivity contribution in [2.24, 2.45) is 5.73 Å². The van der Waals surface area contributed by atoms with Gasteiger partial charge in [0.25, 0.3) is 5.91 Å². The van der Waals surface area contributed by atoms with Crippen molar-refractivity contribution in [3.8, 4) is 11.5 Å². The fraction of sp³-hybridized carbons (Fsp3) is 0.462. The molecule has 0 bridgehead atoms. The van der Waals surface area contributed by atoms with Crippen LogP contribution in [0.2, 0.25) is 0 Å². The first-order valence-electron chi connectivity index (χ1n) is 5.77. The molecule has 0 unspecified atom stereocenters. The Bertz CT molecular complexity index is 470. The third kappa shape index (κ3) is 4.10. The number of hydrogen-bond acceptors (Lipinski definition) is 4. The van der Waals surface area contributed by atoms with Gasteiger partial charge in [-0.3, -0.25) is 4.79 Å². The molecular weight excluding hydrogens is 251 g/mol. The first kappa shape index (κ1) is 15.2. The monoisotopic (exact) mass is 270 g/mol. The number of amides is 1. The van der Waals surface area contributed by atoms with Gasteiger partial charge >= 0.3 is 0 Å². The second-order valence-electron chi connectivity index (χ2n) is 4.86. The van der Waals surface area contributed by atoms with E-state index in [0.717, 1.165) is 6.07 Å². The highest BCUT2D eigenvalue weighted by Gasteiger charge is 2.19. The molecule has 1 rings (SSSR count). The zero-order chi connectivity index (χ0) is 14.6. The lowest BCUT2D eigenvalue weighted by molar-refractivity contribution is 0.0941. The van der Waals surface area contributed by atoms with Gasteiger partial charge in [-0.25, -0.2) is 4.39 Å². The SMILES string of the molecule is COc1cc(F)c(C(=O)NCC(C)(C)N)cc1OC. The highest BCUT2D eigenvalue weighted by atomic mass is 19.1. The van der Waals surface area contributed by atoms with Crippen molar-refractivity contribution in [1.29, 1.82) is 0 Å². The number of nitrogens with two attached hydrogens (primary N) is 1. The maximum Gasteiger partial charge on any atom is 0.254 e. The van der Waals surface area contributed by atoms with Crippen LogP contribution in [0, 0.1) is 5.82 Å². The number of rotatable bonds is 5. The molecule has 19 heavy (non-hydrogen) atoms. The van der Waals surface area contributed by atoms with E-state index in [2.05, 4.69) is 5.32 Å². The molecule has 0 aliphatic carbocycles. The highest BCUT2D eigenvalue weighted by molar-refractivity contribution is 5.95. The maximum absolute atomic E-state index is 13.8. The van der Waals surface area contributed by atoms with Crippen molar-refractivity contribution in [3.05, 3.63) is 23.5 Å². The summed E-state index contributed by atoms with van der Waals surface area (Å²) < 4.78 is 23.8. The topological polar surface area (TPSA) is 73.6 Å². The number of hydrogen-bond donors (Lipinski definition) is 2. The van der Waals surface area contributed by atoms with Crippen LogP contribution in [0.3, 0.4) is 0 Å². The Morgan fingerprint density at radius 1 is 1.32 bits per heavy atom. The fourth-order valence-corrected chi connectivity index (χ4v) is 1.43. The third-order valence-electron chi connectivity index (χ3n) is 2.42. The van der Waals surface area contributed by atoms with Gasteiger partial charge in [0.2, 0.25) is 0 Å². The summed E-state index contributed by atoms with van der Waals surface area (Å²) in [4.78, 5) is 11.9. The van der Waals surface area contributed by atoms with Crippen LogP contribution in [0.4, 0.5) is 4.39 Å². The van der Waals surface area contributed by atoms with Crippen molar-refractivity contribution in [1.82, 2.24) is 5.32 Å².